The van der Waals surface area contributed by atoms with E-state index in [0.717, 1.165) is 0 Å². The van der Waals surface area contributed by atoms with Crippen LogP contribution in [0.4, 0.5) is 5.69 Å². The molecule has 0 fully saturated rings. The standard InChI is InChI=1S/C17H15Cl2NO5/c1-10(25-15-7-2-11(18)8-14(15)19)17(23)20-12-3-5-13(6-4-12)24-9-16(21)22/h2-8,10H,9H2,1H3,(H,20,23)(H,21,22)/p-1/t10-/m1/s1. The fourth-order valence-corrected chi connectivity index (χ4v) is 2.29. The summed E-state index contributed by atoms with van der Waals surface area (Å²) in [6, 6.07) is 10.9. The van der Waals surface area contributed by atoms with Crippen LogP contribution in [-0.2, 0) is 9.59 Å². The molecule has 0 heterocycles. The second-order valence-corrected chi connectivity index (χ2v) is 5.85. The normalized spacial score (nSPS) is 11.5. The minimum atomic E-state index is -1.32. The summed E-state index contributed by atoms with van der Waals surface area (Å²) in [7, 11) is 0. The molecule has 0 spiro atoms. The summed E-state index contributed by atoms with van der Waals surface area (Å²) in [4.78, 5) is 22.5. The average molecular weight is 383 g/mol. The molecule has 2 aromatic carbocycles. The van der Waals surface area contributed by atoms with E-state index in [1.165, 1.54) is 18.2 Å². The van der Waals surface area contributed by atoms with Crippen LogP contribution in [0.3, 0.4) is 0 Å². The fourth-order valence-electron chi connectivity index (χ4n) is 1.84. The van der Waals surface area contributed by atoms with Crippen molar-refractivity contribution in [2.45, 2.75) is 13.0 Å². The Morgan fingerprint density at radius 3 is 2.44 bits per heavy atom. The molecular formula is C17H14Cl2NO5-. The lowest BCUT2D eigenvalue weighted by Crippen LogP contribution is -2.30. The van der Waals surface area contributed by atoms with Gasteiger partial charge in [0, 0.05) is 10.7 Å². The van der Waals surface area contributed by atoms with E-state index in [2.05, 4.69) is 5.32 Å². The van der Waals surface area contributed by atoms with E-state index in [1.807, 2.05) is 0 Å². The Kier molecular flexibility index (Phi) is 6.50. The molecule has 0 aliphatic rings. The van der Waals surface area contributed by atoms with Gasteiger partial charge in [0.2, 0.25) is 0 Å². The number of aliphatic carboxylic acids is 1. The Balaban J connectivity index is 1.93. The first-order valence-electron chi connectivity index (χ1n) is 7.20. The summed E-state index contributed by atoms with van der Waals surface area (Å²) >= 11 is 11.8. The number of nitrogens with one attached hydrogen (secondary N) is 1. The van der Waals surface area contributed by atoms with E-state index >= 15 is 0 Å². The molecule has 0 aliphatic heterocycles. The van der Waals surface area contributed by atoms with Crippen LogP contribution in [0.5, 0.6) is 11.5 Å². The van der Waals surface area contributed by atoms with Gasteiger partial charge in [-0.05, 0) is 49.4 Å². The van der Waals surface area contributed by atoms with Gasteiger partial charge in [-0.25, -0.2) is 0 Å². The highest BCUT2D eigenvalue weighted by Gasteiger charge is 2.16. The number of carbonyl (C=O) groups excluding carboxylic acids is 2. The molecule has 25 heavy (non-hydrogen) atoms. The molecule has 0 unspecified atom stereocenters. The third-order valence-electron chi connectivity index (χ3n) is 3.05. The first-order chi connectivity index (χ1) is 11.8. The Morgan fingerprint density at radius 1 is 1.16 bits per heavy atom. The molecule has 0 saturated heterocycles. The maximum absolute atomic E-state index is 12.2. The highest BCUT2D eigenvalue weighted by atomic mass is 35.5. The minimum Gasteiger partial charge on any atom is -0.546 e. The van der Waals surface area contributed by atoms with Gasteiger partial charge in [-0.15, -0.1) is 0 Å². The van der Waals surface area contributed by atoms with E-state index in [0.29, 0.717) is 27.2 Å². The number of rotatable bonds is 7. The molecule has 2 rings (SSSR count). The van der Waals surface area contributed by atoms with E-state index in [1.54, 1.807) is 31.2 Å². The number of amides is 1. The van der Waals surface area contributed by atoms with E-state index in [4.69, 9.17) is 32.7 Å². The van der Waals surface area contributed by atoms with Gasteiger partial charge >= 0.3 is 0 Å². The molecule has 0 radical (unpaired) electrons. The van der Waals surface area contributed by atoms with Crippen molar-refractivity contribution in [3.05, 3.63) is 52.5 Å². The van der Waals surface area contributed by atoms with Crippen LogP contribution >= 0.6 is 23.2 Å². The molecule has 1 atom stereocenters. The maximum atomic E-state index is 12.2. The molecular weight excluding hydrogens is 369 g/mol. The molecule has 0 saturated carbocycles. The van der Waals surface area contributed by atoms with Gasteiger partial charge in [0.15, 0.2) is 6.10 Å². The molecule has 8 heteroatoms. The van der Waals surface area contributed by atoms with Crippen LogP contribution in [-0.4, -0.2) is 24.6 Å². The molecule has 1 N–H and O–H groups in total. The number of carboxylic acid groups (broad SMARTS) is 1. The number of halogens is 2. The summed E-state index contributed by atoms with van der Waals surface area (Å²) in [5, 5.41) is 13.8. The first kappa shape index (κ1) is 18.9. The summed E-state index contributed by atoms with van der Waals surface area (Å²) in [6.45, 7) is 1.04. The lowest BCUT2D eigenvalue weighted by Gasteiger charge is -2.16. The van der Waals surface area contributed by atoms with E-state index in [9.17, 15) is 14.7 Å². The second-order valence-electron chi connectivity index (χ2n) is 5.01. The van der Waals surface area contributed by atoms with Gasteiger partial charge < -0.3 is 24.7 Å². The molecule has 132 valence electrons. The molecule has 2 aromatic rings. The second kappa shape index (κ2) is 8.60. The third-order valence-corrected chi connectivity index (χ3v) is 3.58. The van der Waals surface area contributed by atoms with Crippen LogP contribution in [0, 0.1) is 0 Å². The molecule has 0 bridgehead atoms. The monoisotopic (exact) mass is 382 g/mol. The number of benzene rings is 2. The Labute approximate surface area is 154 Å². The van der Waals surface area contributed by atoms with Crippen molar-refractivity contribution >= 4 is 40.8 Å². The van der Waals surface area contributed by atoms with Crippen LogP contribution in [0.15, 0.2) is 42.5 Å². The van der Waals surface area contributed by atoms with Crippen LogP contribution in [0.1, 0.15) is 6.92 Å². The highest BCUT2D eigenvalue weighted by Crippen LogP contribution is 2.28. The summed E-state index contributed by atoms with van der Waals surface area (Å²) in [6.07, 6.45) is -0.798. The summed E-state index contributed by atoms with van der Waals surface area (Å²) in [5.74, 6) is -1.00. The molecule has 6 nitrogen and oxygen atoms in total. The Hall–Kier alpha value is -2.44. The predicted molar refractivity (Wildman–Crippen MR) is 92.1 cm³/mol. The maximum Gasteiger partial charge on any atom is 0.265 e. The SMILES string of the molecule is C[C@@H](Oc1ccc(Cl)cc1Cl)C(=O)Nc1ccc(OCC(=O)[O-])cc1. The highest BCUT2D eigenvalue weighted by molar-refractivity contribution is 6.35. The van der Waals surface area contributed by atoms with Crippen molar-refractivity contribution in [3.63, 3.8) is 0 Å². The van der Waals surface area contributed by atoms with Crippen LogP contribution in [0.25, 0.3) is 0 Å². The van der Waals surface area contributed by atoms with Gasteiger partial charge in [0.05, 0.1) is 11.0 Å². The fraction of sp³-hybridized carbons (Fsp3) is 0.176. The first-order valence-corrected chi connectivity index (χ1v) is 7.96. The van der Waals surface area contributed by atoms with Crippen molar-refractivity contribution in [1.82, 2.24) is 0 Å². The van der Waals surface area contributed by atoms with Crippen molar-refractivity contribution in [2.75, 3.05) is 11.9 Å². The quantitative estimate of drug-likeness (QED) is 0.794. The Bertz CT molecular complexity index is 764. The zero-order chi connectivity index (χ0) is 18.4. The minimum absolute atomic E-state index is 0.307. The van der Waals surface area contributed by atoms with Crippen molar-refractivity contribution in [2.24, 2.45) is 0 Å². The lowest BCUT2D eigenvalue weighted by atomic mass is 10.2. The molecule has 0 aromatic heterocycles. The molecule has 0 aliphatic carbocycles. The third kappa shape index (κ3) is 5.85. The smallest absolute Gasteiger partial charge is 0.265 e. The zero-order valence-corrected chi connectivity index (χ0v) is 14.6. The largest absolute Gasteiger partial charge is 0.546 e. The van der Waals surface area contributed by atoms with Crippen molar-refractivity contribution < 1.29 is 24.2 Å². The number of ether oxygens (including phenoxy) is 2. The number of hydrogen-bond acceptors (Lipinski definition) is 5. The summed E-state index contributed by atoms with van der Waals surface area (Å²) in [5.41, 5.74) is 0.503. The summed E-state index contributed by atoms with van der Waals surface area (Å²) < 4.78 is 10.5. The van der Waals surface area contributed by atoms with Crippen molar-refractivity contribution in [3.8, 4) is 11.5 Å². The number of carbonyl (C=O) groups is 2. The van der Waals surface area contributed by atoms with E-state index < -0.39 is 18.7 Å². The lowest BCUT2D eigenvalue weighted by molar-refractivity contribution is -0.307. The van der Waals surface area contributed by atoms with Gasteiger partial charge in [-0.2, -0.15) is 0 Å². The van der Waals surface area contributed by atoms with Gasteiger partial charge in [0.25, 0.3) is 5.91 Å². The number of hydrogen-bond donors (Lipinski definition) is 1. The van der Waals surface area contributed by atoms with Gasteiger partial charge in [-0.1, -0.05) is 23.2 Å². The topological polar surface area (TPSA) is 87.7 Å². The number of carboxylic acids is 1. The molecule has 1 amide bonds. The van der Waals surface area contributed by atoms with Crippen LogP contribution in [0.2, 0.25) is 10.0 Å². The van der Waals surface area contributed by atoms with Gasteiger partial charge in [0.1, 0.15) is 18.1 Å². The number of anilines is 1. The van der Waals surface area contributed by atoms with Crippen molar-refractivity contribution in [1.29, 1.82) is 0 Å². The van der Waals surface area contributed by atoms with E-state index in [-0.39, 0.29) is 5.91 Å². The average Bonchev–Trinajstić information content (AvgIpc) is 2.56. The zero-order valence-electron chi connectivity index (χ0n) is 13.1. The Morgan fingerprint density at radius 2 is 1.84 bits per heavy atom. The van der Waals surface area contributed by atoms with Crippen LogP contribution < -0.4 is 19.9 Å². The van der Waals surface area contributed by atoms with Gasteiger partial charge in [-0.3, -0.25) is 4.79 Å². The predicted octanol–water partition coefficient (Wildman–Crippen LogP) is 2.53.